The Labute approximate surface area is 94.8 Å². The van der Waals surface area contributed by atoms with E-state index >= 15 is 0 Å². The average molecular weight is 222 g/mol. The minimum atomic E-state index is -0.732. The molecule has 88 valence electrons. The molecule has 5 heteroatoms. The van der Waals surface area contributed by atoms with Crippen molar-refractivity contribution in [3.05, 3.63) is 12.4 Å². The molecule has 2 atom stereocenters. The molecule has 0 aromatic carbocycles. The third kappa shape index (κ3) is 2.24. The molecule has 1 aliphatic rings. The molecule has 1 heterocycles. The van der Waals surface area contributed by atoms with Crippen LogP contribution in [0, 0.1) is 5.92 Å². The van der Waals surface area contributed by atoms with E-state index in [2.05, 4.69) is 22.2 Å². The number of rotatable bonds is 2. The first-order valence-electron chi connectivity index (χ1n) is 5.70. The molecule has 1 aromatic rings. The fraction of sp³-hybridized carbons (Fsp3) is 0.636. The zero-order valence-corrected chi connectivity index (χ0v) is 9.49. The Morgan fingerprint density at radius 1 is 1.75 bits per heavy atom. The van der Waals surface area contributed by atoms with Gasteiger partial charge in [-0.1, -0.05) is 19.8 Å². The summed E-state index contributed by atoms with van der Waals surface area (Å²) in [5.41, 5.74) is 5.42. The number of nitrogens with zero attached hydrogens (tertiary/aromatic N) is 1. The second-order valence-corrected chi connectivity index (χ2v) is 4.75. The number of imidazole rings is 1. The van der Waals surface area contributed by atoms with Crippen molar-refractivity contribution >= 4 is 11.9 Å². The molecule has 0 bridgehead atoms. The largest absolute Gasteiger partial charge is 0.331 e. The highest BCUT2D eigenvalue weighted by molar-refractivity contribution is 5.96. The van der Waals surface area contributed by atoms with Gasteiger partial charge in [-0.2, -0.15) is 0 Å². The molecule has 0 aliphatic heterocycles. The first-order chi connectivity index (χ1) is 7.60. The van der Waals surface area contributed by atoms with Crippen molar-refractivity contribution in [2.75, 3.05) is 5.32 Å². The number of aromatic amines is 1. The standard InChI is InChI=1S/C11H18N4O/c1-8-3-2-4-11(12,7-8)9(16)15-10-13-5-6-14-10/h5-6,8H,2-4,7,12H2,1H3,(H2,13,14,15,16). The van der Waals surface area contributed by atoms with Gasteiger partial charge in [0.1, 0.15) is 0 Å². The van der Waals surface area contributed by atoms with E-state index < -0.39 is 5.54 Å². The topological polar surface area (TPSA) is 83.8 Å². The van der Waals surface area contributed by atoms with Gasteiger partial charge in [0.05, 0.1) is 5.54 Å². The van der Waals surface area contributed by atoms with Gasteiger partial charge >= 0.3 is 0 Å². The van der Waals surface area contributed by atoms with Crippen LogP contribution >= 0.6 is 0 Å². The van der Waals surface area contributed by atoms with Crippen LogP contribution in [0.2, 0.25) is 0 Å². The van der Waals surface area contributed by atoms with Gasteiger partial charge in [0.15, 0.2) is 0 Å². The molecule has 2 rings (SSSR count). The predicted octanol–water partition coefficient (Wildman–Crippen LogP) is 1.26. The smallest absolute Gasteiger partial charge is 0.246 e. The summed E-state index contributed by atoms with van der Waals surface area (Å²) in [6, 6.07) is 0. The second-order valence-electron chi connectivity index (χ2n) is 4.75. The Kier molecular flexibility index (Phi) is 2.96. The van der Waals surface area contributed by atoms with E-state index in [-0.39, 0.29) is 5.91 Å². The SMILES string of the molecule is CC1CCCC(N)(C(=O)Nc2ncc[nH]2)C1. The van der Waals surface area contributed by atoms with Crippen LogP contribution in [0.25, 0.3) is 0 Å². The maximum absolute atomic E-state index is 12.0. The van der Waals surface area contributed by atoms with Crippen LogP contribution in [-0.4, -0.2) is 21.4 Å². The molecule has 1 fully saturated rings. The van der Waals surface area contributed by atoms with Gasteiger partial charge in [-0.05, 0) is 18.8 Å². The summed E-state index contributed by atoms with van der Waals surface area (Å²) in [6.45, 7) is 2.14. The molecular formula is C11H18N4O. The minimum Gasteiger partial charge on any atom is -0.331 e. The van der Waals surface area contributed by atoms with Crippen molar-refractivity contribution in [2.45, 2.75) is 38.1 Å². The van der Waals surface area contributed by atoms with Crippen LogP contribution < -0.4 is 11.1 Å². The molecule has 0 spiro atoms. The van der Waals surface area contributed by atoms with E-state index in [4.69, 9.17) is 5.73 Å². The molecule has 0 radical (unpaired) electrons. The van der Waals surface area contributed by atoms with Crippen molar-refractivity contribution < 1.29 is 4.79 Å². The fourth-order valence-corrected chi connectivity index (χ4v) is 2.36. The van der Waals surface area contributed by atoms with E-state index in [1.54, 1.807) is 12.4 Å². The molecule has 0 saturated heterocycles. The van der Waals surface area contributed by atoms with E-state index in [0.29, 0.717) is 11.9 Å². The summed E-state index contributed by atoms with van der Waals surface area (Å²) < 4.78 is 0. The van der Waals surface area contributed by atoms with Gasteiger partial charge in [0.2, 0.25) is 11.9 Å². The predicted molar refractivity (Wildman–Crippen MR) is 61.8 cm³/mol. The van der Waals surface area contributed by atoms with Crippen LogP contribution in [0.3, 0.4) is 0 Å². The maximum Gasteiger partial charge on any atom is 0.246 e. The molecule has 5 nitrogen and oxygen atoms in total. The normalized spacial score (nSPS) is 30.0. The fourth-order valence-electron chi connectivity index (χ4n) is 2.36. The van der Waals surface area contributed by atoms with E-state index in [9.17, 15) is 4.79 Å². The van der Waals surface area contributed by atoms with Crippen LogP contribution in [0.1, 0.15) is 32.6 Å². The van der Waals surface area contributed by atoms with Crippen molar-refractivity contribution in [3.63, 3.8) is 0 Å². The highest BCUT2D eigenvalue weighted by atomic mass is 16.2. The van der Waals surface area contributed by atoms with Crippen molar-refractivity contribution in [3.8, 4) is 0 Å². The van der Waals surface area contributed by atoms with Crippen LogP contribution in [-0.2, 0) is 4.79 Å². The monoisotopic (exact) mass is 222 g/mol. The molecule has 4 N–H and O–H groups in total. The van der Waals surface area contributed by atoms with Crippen molar-refractivity contribution in [1.29, 1.82) is 0 Å². The van der Waals surface area contributed by atoms with Gasteiger partial charge in [-0.15, -0.1) is 0 Å². The average Bonchev–Trinajstić information content (AvgIpc) is 2.70. The van der Waals surface area contributed by atoms with Gasteiger partial charge < -0.3 is 10.7 Å². The van der Waals surface area contributed by atoms with Gasteiger partial charge in [-0.3, -0.25) is 10.1 Å². The Balaban J connectivity index is 2.02. The second kappa shape index (κ2) is 4.25. The third-order valence-electron chi connectivity index (χ3n) is 3.21. The lowest BCUT2D eigenvalue weighted by Crippen LogP contribution is -2.53. The Hall–Kier alpha value is -1.36. The number of amides is 1. The molecular weight excluding hydrogens is 204 g/mol. The molecule has 1 amide bonds. The number of H-pyrrole nitrogens is 1. The van der Waals surface area contributed by atoms with E-state index in [0.717, 1.165) is 25.7 Å². The highest BCUT2D eigenvalue weighted by Gasteiger charge is 2.38. The van der Waals surface area contributed by atoms with E-state index in [1.807, 2.05) is 0 Å². The Morgan fingerprint density at radius 3 is 3.19 bits per heavy atom. The lowest BCUT2D eigenvalue weighted by atomic mass is 9.76. The molecule has 1 aliphatic carbocycles. The van der Waals surface area contributed by atoms with Crippen LogP contribution in [0.4, 0.5) is 5.95 Å². The zero-order valence-electron chi connectivity index (χ0n) is 9.49. The van der Waals surface area contributed by atoms with Crippen molar-refractivity contribution in [1.82, 2.24) is 9.97 Å². The van der Waals surface area contributed by atoms with Crippen molar-refractivity contribution in [2.24, 2.45) is 11.7 Å². The molecule has 1 aromatic heterocycles. The Bertz CT molecular complexity index is 362. The molecule has 16 heavy (non-hydrogen) atoms. The summed E-state index contributed by atoms with van der Waals surface area (Å²) in [7, 11) is 0. The van der Waals surface area contributed by atoms with Gasteiger partial charge in [-0.25, -0.2) is 4.98 Å². The number of anilines is 1. The summed E-state index contributed by atoms with van der Waals surface area (Å²) in [5.74, 6) is 0.850. The first kappa shape index (κ1) is 11.1. The number of hydrogen-bond acceptors (Lipinski definition) is 3. The Morgan fingerprint density at radius 2 is 2.56 bits per heavy atom. The zero-order chi connectivity index (χ0) is 11.6. The van der Waals surface area contributed by atoms with E-state index in [1.165, 1.54) is 0 Å². The summed E-state index contributed by atoms with van der Waals surface area (Å²) in [5, 5.41) is 2.72. The number of hydrogen-bond donors (Lipinski definition) is 3. The number of nitrogens with two attached hydrogens (primary N) is 1. The summed E-state index contributed by atoms with van der Waals surface area (Å²) >= 11 is 0. The number of nitrogens with one attached hydrogen (secondary N) is 2. The number of carbonyl (C=O) groups is 1. The lowest BCUT2D eigenvalue weighted by Gasteiger charge is -2.34. The maximum atomic E-state index is 12.0. The number of carbonyl (C=O) groups excluding carboxylic acids is 1. The quantitative estimate of drug-likeness (QED) is 0.704. The van der Waals surface area contributed by atoms with Gasteiger partial charge in [0, 0.05) is 12.4 Å². The van der Waals surface area contributed by atoms with Crippen LogP contribution in [0.5, 0.6) is 0 Å². The summed E-state index contributed by atoms with van der Waals surface area (Å²) in [6.07, 6.45) is 6.95. The summed E-state index contributed by atoms with van der Waals surface area (Å²) in [4.78, 5) is 18.8. The number of aromatic nitrogens is 2. The lowest BCUT2D eigenvalue weighted by molar-refractivity contribution is -0.122. The van der Waals surface area contributed by atoms with Crippen LogP contribution in [0.15, 0.2) is 12.4 Å². The van der Waals surface area contributed by atoms with Gasteiger partial charge in [0.25, 0.3) is 0 Å². The highest BCUT2D eigenvalue weighted by Crippen LogP contribution is 2.31. The minimum absolute atomic E-state index is 0.131. The first-order valence-corrected chi connectivity index (χ1v) is 5.70. The molecule has 2 unspecified atom stereocenters. The molecule has 1 saturated carbocycles. The third-order valence-corrected chi connectivity index (χ3v) is 3.21.